The third kappa shape index (κ3) is 2.38. The fraction of sp³-hybridized carbons (Fsp3) is 0.727. The second-order valence-electron chi connectivity index (χ2n) is 4.42. The molecule has 0 atom stereocenters. The van der Waals surface area contributed by atoms with Crippen LogP contribution in [0.4, 0.5) is 0 Å². The summed E-state index contributed by atoms with van der Waals surface area (Å²) in [6, 6.07) is 0. The summed E-state index contributed by atoms with van der Waals surface area (Å²) in [4.78, 5) is 4.15. The van der Waals surface area contributed by atoms with Crippen molar-refractivity contribution in [3.8, 4) is 0 Å². The minimum absolute atomic E-state index is 0.0291. The van der Waals surface area contributed by atoms with Crippen molar-refractivity contribution in [2.75, 3.05) is 13.1 Å². The number of nitrogens with one attached hydrogen (secondary N) is 1. The van der Waals surface area contributed by atoms with Gasteiger partial charge in [0, 0.05) is 19.6 Å². The number of nitrogens with zero attached hydrogens (tertiary/aromatic N) is 2. The maximum Gasteiger partial charge on any atom is 0.0948 e. The lowest BCUT2D eigenvalue weighted by Crippen LogP contribution is -2.58. The Morgan fingerprint density at radius 3 is 3.00 bits per heavy atom. The summed E-state index contributed by atoms with van der Waals surface area (Å²) in [6.07, 6.45) is 4.90. The zero-order valence-corrected chi connectivity index (χ0v) is 9.49. The molecule has 1 aromatic rings. The van der Waals surface area contributed by atoms with Crippen LogP contribution >= 0.6 is 0 Å². The van der Waals surface area contributed by atoms with E-state index in [1.807, 2.05) is 12.5 Å². The predicted octanol–water partition coefficient (Wildman–Crippen LogP) is 1.17. The molecule has 1 N–H and O–H groups in total. The van der Waals surface area contributed by atoms with Crippen molar-refractivity contribution in [3.63, 3.8) is 0 Å². The Bertz CT molecular complexity index is 317. The van der Waals surface area contributed by atoms with Crippen LogP contribution in [0.15, 0.2) is 12.5 Å². The number of rotatable bonds is 5. The second-order valence-corrected chi connectivity index (χ2v) is 4.42. The summed E-state index contributed by atoms with van der Waals surface area (Å²) in [5, 5.41) is 3.22. The van der Waals surface area contributed by atoms with Gasteiger partial charge >= 0.3 is 0 Å². The first-order valence-corrected chi connectivity index (χ1v) is 5.57. The van der Waals surface area contributed by atoms with Crippen LogP contribution in [-0.2, 0) is 17.9 Å². The number of imidazole rings is 1. The van der Waals surface area contributed by atoms with Gasteiger partial charge in [-0.15, -0.1) is 0 Å². The molecule has 1 aliphatic heterocycles. The lowest BCUT2D eigenvalue weighted by atomic mass is 10.0. The van der Waals surface area contributed by atoms with E-state index in [1.165, 1.54) is 5.69 Å². The highest BCUT2D eigenvalue weighted by Crippen LogP contribution is 2.17. The van der Waals surface area contributed by atoms with Crippen LogP contribution in [0.2, 0.25) is 0 Å². The van der Waals surface area contributed by atoms with Crippen molar-refractivity contribution < 1.29 is 4.74 Å². The first-order valence-electron chi connectivity index (χ1n) is 5.57. The van der Waals surface area contributed by atoms with Crippen molar-refractivity contribution in [2.24, 2.45) is 0 Å². The molecule has 0 bridgehead atoms. The van der Waals surface area contributed by atoms with Gasteiger partial charge in [0.15, 0.2) is 0 Å². The van der Waals surface area contributed by atoms with Crippen molar-refractivity contribution in [2.45, 2.75) is 39.0 Å². The van der Waals surface area contributed by atoms with Crippen LogP contribution in [0, 0.1) is 0 Å². The fourth-order valence-electron chi connectivity index (χ4n) is 1.74. The van der Waals surface area contributed by atoms with Gasteiger partial charge in [-0.2, -0.15) is 0 Å². The second kappa shape index (κ2) is 4.33. The van der Waals surface area contributed by atoms with Crippen LogP contribution in [0.1, 0.15) is 26.0 Å². The van der Waals surface area contributed by atoms with Crippen LogP contribution < -0.4 is 5.32 Å². The smallest absolute Gasteiger partial charge is 0.0948 e. The average molecular weight is 209 g/mol. The van der Waals surface area contributed by atoms with Gasteiger partial charge in [0.2, 0.25) is 0 Å². The third-order valence-corrected chi connectivity index (χ3v) is 2.83. The molecule has 4 nitrogen and oxygen atoms in total. The molecular formula is C11H19N3O. The molecule has 0 spiro atoms. The van der Waals surface area contributed by atoms with E-state index in [4.69, 9.17) is 4.74 Å². The minimum atomic E-state index is 0.0291. The van der Waals surface area contributed by atoms with Gasteiger partial charge in [0.1, 0.15) is 0 Å². The molecule has 0 radical (unpaired) electrons. The molecule has 4 heteroatoms. The monoisotopic (exact) mass is 209 g/mol. The van der Waals surface area contributed by atoms with Gasteiger partial charge in [-0.05, 0) is 13.3 Å². The first-order chi connectivity index (χ1) is 7.23. The normalized spacial score (nSPS) is 18.8. The van der Waals surface area contributed by atoms with Gasteiger partial charge < -0.3 is 14.6 Å². The van der Waals surface area contributed by atoms with Gasteiger partial charge in [-0.1, -0.05) is 6.92 Å². The summed E-state index contributed by atoms with van der Waals surface area (Å²) in [5.41, 5.74) is 1.20. The largest absolute Gasteiger partial charge is 0.366 e. The third-order valence-electron chi connectivity index (χ3n) is 2.83. The lowest BCUT2D eigenvalue weighted by Gasteiger charge is -2.39. The standard InChI is InChI=1S/C11H19N3O/c1-3-4-14-9-12-5-10(14)6-15-11(2)7-13-8-11/h5,9,13H,3-4,6-8H2,1-2H3. The SMILES string of the molecule is CCCn1cncc1COC1(C)CNC1. The molecule has 1 fully saturated rings. The molecule has 0 aliphatic carbocycles. The summed E-state index contributed by atoms with van der Waals surface area (Å²) in [6.45, 7) is 7.90. The quantitative estimate of drug-likeness (QED) is 0.791. The Morgan fingerprint density at radius 2 is 2.40 bits per heavy atom. The van der Waals surface area contributed by atoms with E-state index >= 15 is 0 Å². The zero-order valence-electron chi connectivity index (χ0n) is 9.49. The number of aryl methyl sites for hydroxylation is 1. The molecule has 1 saturated heterocycles. The van der Waals surface area contributed by atoms with Gasteiger partial charge in [-0.25, -0.2) is 4.98 Å². The van der Waals surface area contributed by atoms with E-state index in [0.717, 1.165) is 26.1 Å². The highest BCUT2D eigenvalue weighted by atomic mass is 16.5. The fourth-order valence-corrected chi connectivity index (χ4v) is 1.74. The number of hydrogen-bond donors (Lipinski definition) is 1. The number of ether oxygens (including phenoxy) is 1. The number of hydrogen-bond acceptors (Lipinski definition) is 3. The van der Waals surface area contributed by atoms with Crippen LogP contribution in [0.5, 0.6) is 0 Å². The highest BCUT2D eigenvalue weighted by Gasteiger charge is 2.32. The summed E-state index contributed by atoms with van der Waals surface area (Å²) < 4.78 is 8.04. The Hall–Kier alpha value is -0.870. The molecule has 0 amide bonds. The molecule has 2 rings (SSSR count). The Kier molecular flexibility index (Phi) is 3.07. The van der Waals surface area contributed by atoms with Crippen molar-refractivity contribution >= 4 is 0 Å². The Morgan fingerprint density at radius 1 is 1.60 bits per heavy atom. The predicted molar refractivity (Wildman–Crippen MR) is 58.6 cm³/mol. The van der Waals surface area contributed by atoms with E-state index < -0.39 is 0 Å². The maximum atomic E-state index is 5.87. The zero-order chi connectivity index (χ0) is 10.7. The maximum absolute atomic E-state index is 5.87. The van der Waals surface area contributed by atoms with Crippen molar-refractivity contribution in [3.05, 3.63) is 18.2 Å². The lowest BCUT2D eigenvalue weighted by molar-refractivity contribution is -0.0786. The Labute approximate surface area is 90.6 Å². The molecular weight excluding hydrogens is 190 g/mol. The minimum Gasteiger partial charge on any atom is -0.366 e. The Balaban J connectivity index is 1.89. The molecule has 0 aromatic carbocycles. The first kappa shape index (κ1) is 10.6. The summed E-state index contributed by atoms with van der Waals surface area (Å²) in [5.74, 6) is 0. The molecule has 84 valence electrons. The van der Waals surface area contributed by atoms with E-state index in [-0.39, 0.29) is 5.60 Å². The molecule has 0 saturated carbocycles. The van der Waals surface area contributed by atoms with Gasteiger partial charge in [0.25, 0.3) is 0 Å². The molecule has 15 heavy (non-hydrogen) atoms. The molecule has 2 heterocycles. The molecule has 1 aliphatic rings. The van der Waals surface area contributed by atoms with Crippen LogP contribution in [-0.4, -0.2) is 28.2 Å². The van der Waals surface area contributed by atoms with E-state index in [1.54, 1.807) is 0 Å². The number of aromatic nitrogens is 2. The van der Waals surface area contributed by atoms with Crippen molar-refractivity contribution in [1.29, 1.82) is 0 Å². The van der Waals surface area contributed by atoms with E-state index in [0.29, 0.717) is 6.61 Å². The van der Waals surface area contributed by atoms with E-state index in [2.05, 4.69) is 28.7 Å². The van der Waals surface area contributed by atoms with Crippen LogP contribution in [0.3, 0.4) is 0 Å². The summed E-state index contributed by atoms with van der Waals surface area (Å²) in [7, 11) is 0. The molecule has 0 unspecified atom stereocenters. The molecule has 1 aromatic heterocycles. The van der Waals surface area contributed by atoms with E-state index in [9.17, 15) is 0 Å². The summed E-state index contributed by atoms with van der Waals surface area (Å²) >= 11 is 0. The topological polar surface area (TPSA) is 39.1 Å². The highest BCUT2D eigenvalue weighted by molar-refractivity contribution is 4.98. The van der Waals surface area contributed by atoms with Crippen molar-refractivity contribution in [1.82, 2.24) is 14.9 Å². The van der Waals surface area contributed by atoms with Crippen LogP contribution in [0.25, 0.3) is 0 Å². The average Bonchev–Trinajstić information content (AvgIpc) is 2.60. The van der Waals surface area contributed by atoms with Gasteiger partial charge in [-0.3, -0.25) is 0 Å². The van der Waals surface area contributed by atoms with Gasteiger partial charge in [0.05, 0.1) is 30.4 Å².